The number of nitrogens with zero attached hydrogens (tertiary/aromatic N) is 1. The minimum atomic E-state index is -1.05. The van der Waals surface area contributed by atoms with Crippen LogP contribution in [0.25, 0.3) is 0 Å². The number of carboxylic acid groups (broad SMARTS) is 1. The largest absolute Gasteiger partial charge is 0.478 e. The molecule has 1 aromatic rings. The topological polar surface area (TPSA) is 59.4 Å². The smallest absolute Gasteiger partial charge is 0.335 e. The molecule has 0 amide bonds. The van der Waals surface area contributed by atoms with Gasteiger partial charge in [0.05, 0.1) is 11.7 Å². The highest BCUT2D eigenvalue weighted by Crippen LogP contribution is 2.19. The highest BCUT2D eigenvalue weighted by molar-refractivity contribution is 6.29. The lowest BCUT2D eigenvalue weighted by Crippen LogP contribution is -2.15. The minimum Gasteiger partial charge on any atom is -0.478 e. The van der Waals surface area contributed by atoms with Crippen molar-refractivity contribution < 1.29 is 14.6 Å². The quantitative estimate of drug-likeness (QED) is 0.823. The van der Waals surface area contributed by atoms with Crippen LogP contribution in [0.2, 0.25) is 5.15 Å². The summed E-state index contributed by atoms with van der Waals surface area (Å²) in [6.07, 6.45) is 0.846. The van der Waals surface area contributed by atoms with Crippen LogP contribution in [0.5, 0.6) is 5.88 Å². The number of hydrogen-bond acceptors (Lipinski definition) is 3. The molecule has 0 aromatic carbocycles. The first-order valence-corrected chi connectivity index (χ1v) is 5.83. The van der Waals surface area contributed by atoms with Gasteiger partial charge in [0, 0.05) is 6.07 Å². The number of halogens is 1. The molecule has 0 aliphatic carbocycles. The lowest BCUT2D eigenvalue weighted by Gasteiger charge is -2.16. The molecule has 4 nitrogen and oxygen atoms in total. The van der Waals surface area contributed by atoms with Crippen LogP contribution in [0.3, 0.4) is 0 Å². The Kier molecular flexibility index (Phi) is 4.75. The summed E-state index contributed by atoms with van der Waals surface area (Å²) in [5, 5.41) is 8.99. The molecule has 1 aromatic heterocycles. The van der Waals surface area contributed by atoms with Gasteiger partial charge in [-0.25, -0.2) is 9.78 Å². The molecule has 17 heavy (non-hydrogen) atoms. The first-order valence-electron chi connectivity index (χ1n) is 5.46. The molecule has 1 atom stereocenters. The second-order valence-corrected chi connectivity index (χ2v) is 4.77. The zero-order valence-electron chi connectivity index (χ0n) is 10.1. The Morgan fingerprint density at radius 1 is 1.47 bits per heavy atom. The van der Waals surface area contributed by atoms with Gasteiger partial charge in [0.2, 0.25) is 5.88 Å². The molecular weight excluding hydrogens is 242 g/mol. The van der Waals surface area contributed by atoms with Crippen molar-refractivity contribution in [1.29, 1.82) is 0 Å². The molecule has 0 spiro atoms. The van der Waals surface area contributed by atoms with Gasteiger partial charge in [-0.3, -0.25) is 0 Å². The maximum atomic E-state index is 10.8. The Labute approximate surface area is 106 Å². The van der Waals surface area contributed by atoms with E-state index in [1.807, 2.05) is 6.92 Å². The van der Waals surface area contributed by atoms with Crippen LogP contribution >= 0.6 is 11.6 Å². The number of aromatic carboxylic acids is 1. The van der Waals surface area contributed by atoms with Gasteiger partial charge in [-0.2, -0.15) is 0 Å². The number of carboxylic acids is 1. The minimum absolute atomic E-state index is 0.0254. The van der Waals surface area contributed by atoms with E-state index in [0.717, 1.165) is 6.42 Å². The van der Waals surface area contributed by atoms with Crippen molar-refractivity contribution in [2.75, 3.05) is 0 Å². The average Bonchev–Trinajstić information content (AvgIpc) is 2.14. The molecule has 1 heterocycles. The number of rotatable bonds is 5. The summed E-state index contributed by atoms with van der Waals surface area (Å²) < 4.78 is 5.54. The summed E-state index contributed by atoms with van der Waals surface area (Å²) in [5.74, 6) is -0.290. The van der Waals surface area contributed by atoms with Crippen molar-refractivity contribution in [2.24, 2.45) is 5.92 Å². The number of hydrogen-bond donors (Lipinski definition) is 1. The Morgan fingerprint density at radius 2 is 2.12 bits per heavy atom. The fourth-order valence-corrected chi connectivity index (χ4v) is 1.78. The zero-order chi connectivity index (χ0) is 13.0. The highest BCUT2D eigenvalue weighted by Gasteiger charge is 2.12. The summed E-state index contributed by atoms with van der Waals surface area (Å²) >= 11 is 5.73. The first-order chi connectivity index (χ1) is 7.88. The molecule has 0 radical (unpaired) electrons. The Balaban J connectivity index is 2.80. The number of ether oxygens (including phenoxy) is 1. The van der Waals surface area contributed by atoms with E-state index in [1.54, 1.807) is 0 Å². The molecule has 5 heteroatoms. The van der Waals surface area contributed by atoms with Crippen molar-refractivity contribution in [2.45, 2.75) is 33.3 Å². The van der Waals surface area contributed by atoms with E-state index in [9.17, 15) is 4.79 Å². The van der Waals surface area contributed by atoms with Gasteiger partial charge < -0.3 is 9.84 Å². The van der Waals surface area contributed by atoms with Crippen molar-refractivity contribution in [3.63, 3.8) is 0 Å². The van der Waals surface area contributed by atoms with Gasteiger partial charge in [0.1, 0.15) is 5.15 Å². The van der Waals surface area contributed by atoms with Crippen molar-refractivity contribution in [1.82, 2.24) is 4.98 Å². The normalized spacial score (nSPS) is 12.5. The van der Waals surface area contributed by atoms with Gasteiger partial charge in [-0.1, -0.05) is 25.4 Å². The average molecular weight is 258 g/mol. The molecule has 0 aliphatic heterocycles. The maximum Gasteiger partial charge on any atom is 0.335 e. The molecule has 0 saturated carbocycles. The summed E-state index contributed by atoms with van der Waals surface area (Å²) in [7, 11) is 0. The van der Waals surface area contributed by atoms with Gasteiger partial charge in [-0.05, 0) is 25.3 Å². The Morgan fingerprint density at radius 3 is 2.65 bits per heavy atom. The van der Waals surface area contributed by atoms with E-state index in [1.165, 1.54) is 12.1 Å². The van der Waals surface area contributed by atoms with E-state index < -0.39 is 5.97 Å². The van der Waals surface area contributed by atoms with Crippen LogP contribution in [0, 0.1) is 5.92 Å². The third-order valence-electron chi connectivity index (χ3n) is 2.14. The monoisotopic (exact) mass is 257 g/mol. The van der Waals surface area contributed by atoms with E-state index in [-0.39, 0.29) is 22.7 Å². The molecule has 1 N–H and O–H groups in total. The second kappa shape index (κ2) is 5.87. The van der Waals surface area contributed by atoms with Crippen LogP contribution in [0.1, 0.15) is 37.6 Å². The van der Waals surface area contributed by atoms with Crippen LogP contribution in [-0.2, 0) is 0 Å². The molecular formula is C12H16ClNO3. The summed E-state index contributed by atoms with van der Waals surface area (Å²) in [4.78, 5) is 14.8. The standard InChI is InChI=1S/C12H16ClNO3/c1-7(2)4-8(3)17-11-6-9(12(15)16)5-10(13)14-11/h5-8H,4H2,1-3H3,(H,15,16). The molecule has 1 unspecified atom stereocenters. The molecule has 0 fully saturated rings. The van der Waals surface area contributed by atoms with Crippen LogP contribution in [-0.4, -0.2) is 22.2 Å². The molecule has 94 valence electrons. The Bertz CT molecular complexity index is 407. The fourth-order valence-electron chi connectivity index (χ4n) is 1.57. The fraction of sp³-hybridized carbons (Fsp3) is 0.500. The van der Waals surface area contributed by atoms with Crippen molar-refractivity contribution >= 4 is 17.6 Å². The summed E-state index contributed by atoms with van der Waals surface area (Å²) in [5.41, 5.74) is 0.0803. The second-order valence-electron chi connectivity index (χ2n) is 4.38. The predicted molar refractivity (Wildman–Crippen MR) is 65.8 cm³/mol. The summed E-state index contributed by atoms with van der Waals surface area (Å²) in [6, 6.07) is 2.68. The highest BCUT2D eigenvalue weighted by atomic mass is 35.5. The Hall–Kier alpha value is -1.29. The van der Waals surface area contributed by atoms with Gasteiger partial charge in [-0.15, -0.1) is 0 Å². The van der Waals surface area contributed by atoms with Gasteiger partial charge in [0.25, 0.3) is 0 Å². The van der Waals surface area contributed by atoms with Crippen molar-refractivity contribution in [3.05, 3.63) is 22.8 Å². The van der Waals surface area contributed by atoms with Crippen LogP contribution in [0.15, 0.2) is 12.1 Å². The third kappa shape index (κ3) is 4.61. The lowest BCUT2D eigenvalue weighted by molar-refractivity contribution is 0.0695. The van der Waals surface area contributed by atoms with E-state index in [2.05, 4.69) is 18.8 Å². The lowest BCUT2D eigenvalue weighted by atomic mass is 10.1. The predicted octanol–water partition coefficient (Wildman–Crippen LogP) is 3.25. The van der Waals surface area contributed by atoms with Crippen LogP contribution in [0.4, 0.5) is 0 Å². The van der Waals surface area contributed by atoms with E-state index in [4.69, 9.17) is 21.4 Å². The molecule has 0 aliphatic rings. The summed E-state index contributed by atoms with van der Waals surface area (Å²) in [6.45, 7) is 6.10. The van der Waals surface area contributed by atoms with Crippen LogP contribution < -0.4 is 4.74 Å². The van der Waals surface area contributed by atoms with Crippen molar-refractivity contribution in [3.8, 4) is 5.88 Å². The molecule has 0 bridgehead atoms. The van der Waals surface area contributed by atoms with Gasteiger partial charge >= 0.3 is 5.97 Å². The van der Waals surface area contributed by atoms with Gasteiger partial charge in [0.15, 0.2) is 0 Å². The maximum absolute atomic E-state index is 10.8. The number of pyridine rings is 1. The SMILES string of the molecule is CC(C)CC(C)Oc1cc(C(=O)O)cc(Cl)n1. The number of aromatic nitrogens is 1. The van der Waals surface area contributed by atoms with E-state index >= 15 is 0 Å². The first kappa shape index (κ1) is 13.8. The molecule has 1 rings (SSSR count). The van der Waals surface area contributed by atoms with E-state index in [0.29, 0.717) is 5.92 Å². The zero-order valence-corrected chi connectivity index (χ0v) is 10.9. The molecule has 0 saturated heterocycles. The third-order valence-corrected chi connectivity index (χ3v) is 2.34. The number of carbonyl (C=O) groups is 1.